The Morgan fingerprint density at radius 3 is 2.74 bits per heavy atom. The lowest BCUT2D eigenvalue weighted by atomic mass is 10.2. The maximum atomic E-state index is 11.5. The van der Waals surface area contributed by atoms with Gasteiger partial charge in [0.25, 0.3) is 0 Å². The van der Waals surface area contributed by atoms with Gasteiger partial charge in [0.2, 0.25) is 5.91 Å². The van der Waals surface area contributed by atoms with Crippen molar-refractivity contribution in [1.82, 2.24) is 5.32 Å². The number of ether oxygens (including phenoxy) is 1. The van der Waals surface area contributed by atoms with Crippen molar-refractivity contribution in [2.24, 2.45) is 0 Å². The quantitative estimate of drug-likeness (QED) is 0.576. The van der Waals surface area contributed by atoms with Gasteiger partial charge in [-0.3, -0.25) is 4.79 Å². The minimum atomic E-state index is 0.0945. The van der Waals surface area contributed by atoms with Crippen molar-refractivity contribution in [3.8, 4) is 5.75 Å². The molecule has 0 saturated heterocycles. The number of amides is 1. The first-order chi connectivity index (χ1) is 9.22. The Hall–Kier alpha value is -1.77. The van der Waals surface area contributed by atoms with E-state index in [1.54, 1.807) is 0 Å². The van der Waals surface area contributed by atoms with Crippen LogP contribution >= 0.6 is 0 Å². The van der Waals surface area contributed by atoms with Crippen molar-refractivity contribution >= 4 is 5.91 Å². The summed E-state index contributed by atoms with van der Waals surface area (Å²) >= 11 is 0. The molecular formula is C16H23NO2. The second-order valence-corrected chi connectivity index (χ2v) is 4.47. The molecular weight excluding hydrogens is 238 g/mol. The Morgan fingerprint density at radius 1 is 1.32 bits per heavy atom. The number of hydrogen-bond acceptors (Lipinski definition) is 2. The third kappa shape index (κ3) is 7.29. The summed E-state index contributed by atoms with van der Waals surface area (Å²) in [6.45, 7) is 5.30. The summed E-state index contributed by atoms with van der Waals surface area (Å²) in [7, 11) is 0. The summed E-state index contributed by atoms with van der Waals surface area (Å²) in [6, 6.07) is 7.94. The average molecular weight is 261 g/mol. The first-order valence-corrected chi connectivity index (χ1v) is 6.79. The molecule has 0 aliphatic rings. The summed E-state index contributed by atoms with van der Waals surface area (Å²) in [5.41, 5.74) is 1.22. The van der Waals surface area contributed by atoms with Gasteiger partial charge in [0.15, 0.2) is 0 Å². The molecule has 0 atom stereocenters. The van der Waals surface area contributed by atoms with Crippen LogP contribution in [0.1, 0.15) is 31.7 Å². The molecule has 1 amide bonds. The van der Waals surface area contributed by atoms with Gasteiger partial charge in [-0.25, -0.2) is 0 Å². The van der Waals surface area contributed by atoms with Crippen LogP contribution < -0.4 is 10.1 Å². The molecule has 0 aliphatic heterocycles. The second kappa shape index (κ2) is 9.20. The van der Waals surface area contributed by atoms with E-state index in [1.807, 2.05) is 50.3 Å². The molecule has 3 nitrogen and oxygen atoms in total. The molecule has 0 unspecified atom stereocenters. The van der Waals surface area contributed by atoms with Crippen molar-refractivity contribution in [1.29, 1.82) is 0 Å². The minimum absolute atomic E-state index is 0.0945. The van der Waals surface area contributed by atoms with Crippen LogP contribution in [-0.2, 0) is 4.79 Å². The lowest BCUT2D eigenvalue weighted by Crippen LogP contribution is -2.24. The fraction of sp³-hybridized carbons (Fsp3) is 0.438. The van der Waals surface area contributed by atoms with Gasteiger partial charge in [0.1, 0.15) is 5.75 Å². The van der Waals surface area contributed by atoms with Crippen molar-refractivity contribution in [2.45, 2.75) is 33.1 Å². The summed E-state index contributed by atoms with van der Waals surface area (Å²) in [5.74, 6) is 0.955. The molecule has 0 radical (unpaired) electrons. The van der Waals surface area contributed by atoms with Crippen LogP contribution in [0.5, 0.6) is 5.75 Å². The van der Waals surface area contributed by atoms with E-state index in [1.165, 1.54) is 5.56 Å². The zero-order valence-electron chi connectivity index (χ0n) is 11.8. The number of allylic oxidation sites excluding steroid dienone is 1. The highest BCUT2D eigenvalue weighted by atomic mass is 16.5. The molecule has 0 bridgehead atoms. The van der Waals surface area contributed by atoms with Gasteiger partial charge in [0.05, 0.1) is 6.61 Å². The smallest absolute Gasteiger partial charge is 0.220 e. The Labute approximate surface area is 115 Å². The van der Waals surface area contributed by atoms with Gasteiger partial charge in [-0.1, -0.05) is 29.8 Å². The first-order valence-electron chi connectivity index (χ1n) is 6.79. The molecule has 0 spiro atoms. The molecule has 19 heavy (non-hydrogen) atoms. The lowest BCUT2D eigenvalue weighted by molar-refractivity contribution is -0.121. The summed E-state index contributed by atoms with van der Waals surface area (Å²) < 4.78 is 5.56. The Balaban J connectivity index is 2.07. The highest BCUT2D eigenvalue weighted by Gasteiger charge is 2.00. The van der Waals surface area contributed by atoms with Gasteiger partial charge in [-0.15, -0.1) is 0 Å². The molecule has 0 aromatic heterocycles. The molecule has 0 saturated carbocycles. The van der Waals surface area contributed by atoms with Crippen molar-refractivity contribution in [2.75, 3.05) is 13.2 Å². The first kappa shape index (κ1) is 15.3. The van der Waals surface area contributed by atoms with Crippen molar-refractivity contribution in [3.05, 3.63) is 42.0 Å². The SMILES string of the molecule is C/C=C/CCNC(=O)CCCOc1ccc(C)cc1. The van der Waals surface area contributed by atoms with Crippen LogP contribution in [0.3, 0.4) is 0 Å². The van der Waals surface area contributed by atoms with E-state index < -0.39 is 0 Å². The number of nitrogens with one attached hydrogen (secondary N) is 1. The monoisotopic (exact) mass is 261 g/mol. The zero-order chi connectivity index (χ0) is 13.9. The molecule has 1 aromatic rings. The second-order valence-electron chi connectivity index (χ2n) is 4.47. The highest BCUT2D eigenvalue weighted by molar-refractivity contribution is 5.75. The minimum Gasteiger partial charge on any atom is -0.494 e. The molecule has 1 rings (SSSR count). The van der Waals surface area contributed by atoms with Crippen LogP contribution in [-0.4, -0.2) is 19.1 Å². The number of rotatable bonds is 8. The number of carbonyl (C=O) groups excluding carboxylic acids is 1. The summed E-state index contributed by atoms with van der Waals surface area (Å²) in [6.07, 6.45) is 6.18. The van der Waals surface area contributed by atoms with Crippen LogP contribution in [0, 0.1) is 6.92 Å². The Bertz CT molecular complexity index is 396. The predicted molar refractivity (Wildman–Crippen MR) is 78.3 cm³/mol. The van der Waals surface area contributed by atoms with Gasteiger partial charge < -0.3 is 10.1 Å². The largest absolute Gasteiger partial charge is 0.494 e. The van der Waals surface area contributed by atoms with Gasteiger partial charge in [-0.05, 0) is 38.8 Å². The number of benzene rings is 1. The van der Waals surface area contributed by atoms with Gasteiger partial charge in [-0.2, -0.15) is 0 Å². The maximum absolute atomic E-state index is 11.5. The topological polar surface area (TPSA) is 38.3 Å². The third-order valence-electron chi connectivity index (χ3n) is 2.71. The van der Waals surface area contributed by atoms with Crippen LogP contribution in [0.2, 0.25) is 0 Å². The zero-order valence-corrected chi connectivity index (χ0v) is 11.8. The molecule has 0 aliphatic carbocycles. The van der Waals surface area contributed by atoms with Crippen LogP contribution in [0.25, 0.3) is 0 Å². The molecule has 1 N–H and O–H groups in total. The van der Waals surface area contributed by atoms with Crippen molar-refractivity contribution in [3.63, 3.8) is 0 Å². The predicted octanol–water partition coefficient (Wildman–Crippen LogP) is 3.24. The fourth-order valence-electron chi connectivity index (χ4n) is 1.61. The van der Waals surface area contributed by atoms with E-state index >= 15 is 0 Å². The highest BCUT2D eigenvalue weighted by Crippen LogP contribution is 2.11. The Morgan fingerprint density at radius 2 is 2.05 bits per heavy atom. The van der Waals surface area contributed by atoms with E-state index in [-0.39, 0.29) is 5.91 Å². The van der Waals surface area contributed by atoms with Crippen molar-refractivity contribution < 1.29 is 9.53 Å². The van der Waals surface area contributed by atoms with Crippen LogP contribution in [0.4, 0.5) is 0 Å². The van der Waals surface area contributed by atoms with Gasteiger partial charge in [0, 0.05) is 13.0 Å². The molecule has 3 heteroatoms. The molecule has 0 fully saturated rings. The average Bonchev–Trinajstić information content (AvgIpc) is 2.42. The van der Waals surface area contributed by atoms with Gasteiger partial charge >= 0.3 is 0 Å². The van der Waals surface area contributed by atoms with E-state index in [2.05, 4.69) is 5.32 Å². The lowest BCUT2D eigenvalue weighted by Gasteiger charge is -2.06. The summed E-state index contributed by atoms with van der Waals surface area (Å²) in [4.78, 5) is 11.5. The van der Waals surface area contributed by atoms with E-state index in [0.29, 0.717) is 19.6 Å². The number of carbonyl (C=O) groups is 1. The molecule has 0 heterocycles. The van der Waals surface area contributed by atoms with Crippen LogP contribution in [0.15, 0.2) is 36.4 Å². The normalized spacial score (nSPS) is 10.6. The van der Waals surface area contributed by atoms with E-state index in [9.17, 15) is 4.79 Å². The summed E-state index contributed by atoms with van der Waals surface area (Å²) in [5, 5.41) is 2.88. The standard InChI is InChI=1S/C16H23NO2/c1-3-4-5-12-17-16(18)7-6-13-19-15-10-8-14(2)9-11-15/h3-4,8-11H,5-7,12-13H2,1-2H3,(H,17,18)/b4-3+. The number of hydrogen-bond donors (Lipinski definition) is 1. The van der Waals surface area contributed by atoms with E-state index in [0.717, 1.165) is 18.6 Å². The Kier molecular flexibility index (Phi) is 7.40. The molecule has 1 aromatic carbocycles. The van der Waals surface area contributed by atoms with E-state index in [4.69, 9.17) is 4.74 Å². The third-order valence-corrected chi connectivity index (χ3v) is 2.71. The fourth-order valence-corrected chi connectivity index (χ4v) is 1.61. The maximum Gasteiger partial charge on any atom is 0.220 e. The number of aryl methyl sites for hydroxylation is 1. The molecule has 104 valence electrons.